The van der Waals surface area contributed by atoms with Gasteiger partial charge in [0.1, 0.15) is 18.2 Å². The maximum absolute atomic E-state index is 12.3. The van der Waals surface area contributed by atoms with E-state index in [0.29, 0.717) is 42.8 Å². The van der Waals surface area contributed by atoms with Crippen LogP contribution in [0.4, 0.5) is 0 Å². The summed E-state index contributed by atoms with van der Waals surface area (Å²) in [5.41, 5.74) is 5.24. The van der Waals surface area contributed by atoms with Gasteiger partial charge in [-0.25, -0.2) is 10.4 Å². The monoisotopic (exact) mass is 620 g/mol. The van der Waals surface area contributed by atoms with Gasteiger partial charge in [0.25, 0.3) is 5.91 Å². The number of nitrogens with zero attached hydrogens (tertiary/aromatic N) is 3. The van der Waals surface area contributed by atoms with Crippen molar-refractivity contribution in [3.63, 3.8) is 0 Å². The molecule has 0 fully saturated rings. The van der Waals surface area contributed by atoms with Crippen molar-refractivity contribution in [2.45, 2.75) is 20.1 Å². The lowest BCUT2D eigenvalue weighted by Gasteiger charge is -2.14. The van der Waals surface area contributed by atoms with E-state index in [2.05, 4.69) is 31.4 Å². The van der Waals surface area contributed by atoms with Crippen LogP contribution in [0.5, 0.6) is 17.4 Å². The van der Waals surface area contributed by atoms with Gasteiger partial charge in [-0.15, -0.1) is 0 Å². The van der Waals surface area contributed by atoms with Crippen LogP contribution in [-0.2, 0) is 22.7 Å². The molecule has 0 radical (unpaired) electrons. The van der Waals surface area contributed by atoms with E-state index in [1.807, 2.05) is 6.07 Å². The number of hydrazone groups is 1. The predicted molar refractivity (Wildman–Crippen MR) is 147 cm³/mol. The zero-order valence-electron chi connectivity index (χ0n) is 20.7. The summed E-state index contributed by atoms with van der Waals surface area (Å²) >= 11 is 15.7. The van der Waals surface area contributed by atoms with Crippen LogP contribution < -0.4 is 19.6 Å². The molecule has 0 atom stereocenters. The standard InChI is InChI=1S/C26H23BrCl2N4O5/c1-15-6-18(12-35-2)20(10-30)26(32-15)38-14-24(34)33-31-11-16-7-21(27)25(23(8-16)36-3)37-13-17-4-5-19(28)9-22(17)29/h4-9,11H,12-14H2,1-3H3,(H,33,34)/b31-11-. The molecule has 0 aliphatic rings. The number of halogens is 3. The second-order valence-electron chi connectivity index (χ2n) is 7.79. The summed E-state index contributed by atoms with van der Waals surface area (Å²) in [4.78, 5) is 16.5. The summed E-state index contributed by atoms with van der Waals surface area (Å²) in [6, 6.07) is 12.4. The molecule has 38 heavy (non-hydrogen) atoms. The Labute approximate surface area is 238 Å². The first-order valence-electron chi connectivity index (χ1n) is 11.0. The second kappa shape index (κ2) is 14.0. The number of pyridine rings is 1. The number of benzene rings is 2. The molecule has 0 bridgehead atoms. The van der Waals surface area contributed by atoms with Crippen molar-refractivity contribution in [2.75, 3.05) is 20.8 Å². The van der Waals surface area contributed by atoms with E-state index in [-0.39, 0.29) is 31.3 Å². The maximum atomic E-state index is 12.3. The van der Waals surface area contributed by atoms with Crippen LogP contribution in [0.25, 0.3) is 0 Å². The van der Waals surface area contributed by atoms with Crippen LogP contribution in [0.15, 0.2) is 46.0 Å². The molecule has 0 spiro atoms. The van der Waals surface area contributed by atoms with E-state index in [0.717, 1.165) is 5.56 Å². The lowest BCUT2D eigenvalue weighted by Crippen LogP contribution is -2.25. The third kappa shape index (κ3) is 7.82. The van der Waals surface area contributed by atoms with E-state index < -0.39 is 5.91 Å². The predicted octanol–water partition coefficient (Wildman–Crippen LogP) is 5.59. The van der Waals surface area contributed by atoms with Crippen LogP contribution in [0.3, 0.4) is 0 Å². The number of aryl methyl sites for hydroxylation is 1. The zero-order chi connectivity index (χ0) is 27.7. The quantitative estimate of drug-likeness (QED) is 0.219. The molecular formula is C26H23BrCl2N4O5. The average Bonchev–Trinajstić information content (AvgIpc) is 2.87. The summed E-state index contributed by atoms with van der Waals surface area (Å²) in [6.45, 7) is 1.79. The van der Waals surface area contributed by atoms with Crippen LogP contribution in [0.1, 0.15) is 27.9 Å². The largest absolute Gasteiger partial charge is 0.493 e. The Bertz CT molecular complexity index is 1400. The number of amides is 1. The van der Waals surface area contributed by atoms with Crippen molar-refractivity contribution in [3.05, 3.63) is 78.9 Å². The molecular weight excluding hydrogens is 599 g/mol. The van der Waals surface area contributed by atoms with E-state index in [1.54, 1.807) is 43.3 Å². The van der Waals surface area contributed by atoms with Gasteiger partial charge in [-0.05, 0) is 58.7 Å². The Kier molecular flexibility index (Phi) is 10.7. The summed E-state index contributed by atoms with van der Waals surface area (Å²) in [7, 11) is 3.03. The van der Waals surface area contributed by atoms with Crippen molar-refractivity contribution >= 4 is 51.3 Å². The summed E-state index contributed by atoms with van der Waals surface area (Å²) in [5.74, 6) is 0.442. The highest BCUT2D eigenvalue weighted by molar-refractivity contribution is 9.10. The van der Waals surface area contributed by atoms with Crippen LogP contribution >= 0.6 is 39.1 Å². The number of methoxy groups -OCH3 is 2. The minimum Gasteiger partial charge on any atom is -0.493 e. The van der Waals surface area contributed by atoms with Gasteiger partial charge in [-0.1, -0.05) is 29.3 Å². The fourth-order valence-electron chi connectivity index (χ4n) is 3.29. The molecule has 198 valence electrons. The highest BCUT2D eigenvalue weighted by Crippen LogP contribution is 2.37. The molecule has 0 saturated heterocycles. The van der Waals surface area contributed by atoms with Crippen LogP contribution in [-0.4, -0.2) is 37.9 Å². The number of rotatable bonds is 11. The number of nitriles is 1. The molecule has 2 aromatic carbocycles. The van der Waals surface area contributed by atoms with Gasteiger partial charge >= 0.3 is 0 Å². The highest BCUT2D eigenvalue weighted by Gasteiger charge is 2.15. The molecule has 1 heterocycles. The third-order valence-electron chi connectivity index (χ3n) is 4.99. The van der Waals surface area contributed by atoms with Gasteiger partial charge < -0.3 is 18.9 Å². The maximum Gasteiger partial charge on any atom is 0.278 e. The van der Waals surface area contributed by atoms with Crippen molar-refractivity contribution in [2.24, 2.45) is 5.10 Å². The van der Waals surface area contributed by atoms with Gasteiger partial charge in [0.2, 0.25) is 5.88 Å². The first-order chi connectivity index (χ1) is 18.2. The minimum atomic E-state index is -0.535. The smallest absolute Gasteiger partial charge is 0.278 e. The first-order valence-corrected chi connectivity index (χ1v) is 12.6. The van der Waals surface area contributed by atoms with E-state index in [4.69, 9.17) is 42.1 Å². The zero-order valence-corrected chi connectivity index (χ0v) is 23.8. The van der Waals surface area contributed by atoms with Crippen molar-refractivity contribution < 1.29 is 23.7 Å². The summed E-state index contributed by atoms with van der Waals surface area (Å²) < 4.78 is 22.6. The Balaban J connectivity index is 1.63. The van der Waals surface area contributed by atoms with E-state index in [1.165, 1.54) is 20.4 Å². The number of hydrogen-bond donors (Lipinski definition) is 1. The topological polar surface area (TPSA) is 115 Å². The Morgan fingerprint density at radius 3 is 2.63 bits per heavy atom. The molecule has 0 saturated carbocycles. The van der Waals surface area contributed by atoms with E-state index in [9.17, 15) is 10.1 Å². The number of hydrogen-bond acceptors (Lipinski definition) is 8. The summed E-state index contributed by atoms with van der Waals surface area (Å²) in [5, 5.41) is 14.5. The van der Waals surface area contributed by atoms with Crippen LogP contribution in [0.2, 0.25) is 10.0 Å². The first kappa shape index (κ1) is 29.2. The molecule has 1 aromatic heterocycles. The second-order valence-corrected chi connectivity index (χ2v) is 9.49. The normalized spacial score (nSPS) is 10.8. The fraction of sp³-hybridized carbons (Fsp3) is 0.231. The number of carbonyl (C=O) groups excluding carboxylic acids is 1. The molecule has 0 aliphatic heterocycles. The van der Waals surface area contributed by atoms with Crippen molar-refractivity contribution in [3.8, 4) is 23.4 Å². The molecule has 1 N–H and O–H groups in total. The average molecular weight is 622 g/mol. The van der Waals surface area contributed by atoms with Crippen LogP contribution in [0, 0.1) is 18.3 Å². The third-order valence-corrected chi connectivity index (χ3v) is 6.17. The lowest BCUT2D eigenvalue weighted by atomic mass is 10.1. The molecule has 0 unspecified atom stereocenters. The fourth-order valence-corrected chi connectivity index (χ4v) is 4.33. The molecule has 9 nitrogen and oxygen atoms in total. The molecule has 12 heteroatoms. The molecule has 1 amide bonds. The highest BCUT2D eigenvalue weighted by atomic mass is 79.9. The molecule has 3 aromatic rings. The molecule has 3 rings (SSSR count). The number of nitrogens with one attached hydrogen (secondary N) is 1. The van der Waals surface area contributed by atoms with Gasteiger partial charge in [0, 0.05) is 34.0 Å². The van der Waals surface area contributed by atoms with Gasteiger partial charge in [-0.2, -0.15) is 10.4 Å². The van der Waals surface area contributed by atoms with Crippen molar-refractivity contribution in [1.82, 2.24) is 10.4 Å². The van der Waals surface area contributed by atoms with Gasteiger partial charge in [0.05, 0.1) is 24.4 Å². The Morgan fingerprint density at radius 1 is 1.16 bits per heavy atom. The Hall–Kier alpha value is -3.36. The lowest BCUT2D eigenvalue weighted by molar-refractivity contribution is -0.123. The van der Waals surface area contributed by atoms with Crippen molar-refractivity contribution in [1.29, 1.82) is 5.26 Å². The minimum absolute atomic E-state index is 0.0582. The summed E-state index contributed by atoms with van der Waals surface area (Å²) in [6.07, 6.45) is 1.44. The Morgan fingerprint density at radius 2 is 1.95 bits per heavy atom. The number of ether oxygens (including phenoxy) is 4. The van der Waals surface area contributed by atoms with Gasteiger partial charge in [-0.3, -0.25) is 4.79 Å². The van der Waals surface area contributed by atoms with Gasteiger partial charge in [0.15, 0.2) is 18.1 Å². The SMILES string of the molecule is COCc1cc(C)nc(OCC(=O)N/N=C\c2cc(Br)c(OCc3ccc(Cl)cc3Cl)c(OC)c2)c1C#N. The number of carbonyl (C=O) groups is 1. The number of aromatic nitrogens is 1. The molecule has 0 aliphatic carbocycles. The van der Waals surface area contributed by atoms with E-state index >= 15 is 0 Å².